The van der Waals surface area contributed by atoms with Gasteiger partial charge in [-0.1, -0.05) is 11.8 Å². The zero-order valence-corrected chi connectivity index (χ0v) is 6.33. The number of primary amides is 1. The summed E-state index contributed by atoms with van der Waals surface area (Å²) in [6, 6.07) is 0. The molecule has 1 unspecified atom stereocenters. The molecule has 0 aliphatic carbocycles. The molecule has 0 radical (unpaired) electrons. The number of thioether (sulfide) groups is 1. The lowest BCUT2D eigenvalue weighted by Gasteiger charge is -1.92. The molecule has 4 nitrogen and oxygen atoms in total. The van der Waals surface area contributed by atoms with Gasteiger partial charge in [0.15, 0.2) is 0 Å². The second-order valence-corrected chi connectivity index (χ2v) is 4.03. The van der Waals surface area contributed by atoms with Crippen LogP contribution in [0, 0.1) is 0 Å². The minimum absolute atomic E-state index is 0.0836. The molecule has 0 aromatic carbocycles. The molecule has 9 heavy (non-hydrogen) atoms. The van der Waals surface area contributed by atoms with Gasteiger partial charge in [-0.15, -0.1) is 0 Å². The molecule has 0 bridgehead atoms. The van der Waals surface area contributed by atoms with Crippen LogP contribution in [-0.4, -0.2) is 20.4 Å². The van der Waals surface area contributed by atoms with Gasteiger partial charge in [0.1, 0.15) is 0 Å². The lowest BCUT2D eigenvalue weighted by Crippen LogP contribution is -2.12. The molecule has 0 aromatic rings. The average molecular weight is 168 g/mol. The number of hydrogen-bond acceptors (Lipinski definition) is 4. The van der Waals surface area contributed by atoms with Crippen molar-refractivity contribution in [2.45, 2.75) is 0 Å². The first-order valence-corrected chi connectivity index (χ1v) is 4.61. The average Bonchev–Trinajstić information content (AvgIpc) is 1.83. The quantitative estimate of drug-likeness (QED) is 0.590. The Bertz CT molecular complexity index is 127. The normalized spacial score (nSPS) is 13.0. The van der Waals surface area contributed by atoms with Crippen molar-refractivity contribution in [3.63, 3.8) is 0 Å². The van der Waals surface area contributed by atoms with Gasteiger partial charge in [-0.3, -0.25) is 9.00 Å². The number of rotatable bonds is 3. The maximum Gasteiger partial charge on any atom is 0.277 e. The van der Waals surface area contributed by atoms with Crippen molar-refractivity contribution in [3.8, 4) is 0 Å². The van der Waals surface area contributed by atoms with Crippen molar-refractivity contribution >= 4 is 27.8 Å². The van der Waals surface area contributed by atoms with E-state index in [2.05, 4.69) is 0 Å². The first-order chi connectivity index (χ1) is 4.16. The molecule has 0 saturated carbocycles. The highest BCUT2D eigenvalue weighted by atomic mass is 32.2. The van der Waals surface area contributed by atoms with E-state index in [1.807, 2.05) is 0 Å². The third-order valence-corrected chi connectivity index (χ3v) is 2.70. The van der Waals surface area contributed by atoms with E-state index in [1.165, 1.54) is 0 Å². The van der Waals surface area contributed by atoms with Gasteiger partial charge in [-0.2, -0.15) is 0 Å². The van der Waals surface area contributed by atoms with Crippen molar-refractivity contribution in [3.05, 3.63) is 0 Å². The van der Waals surface area contributed by atoms with E-state index in [1.54, 1.807) is 0 Å². The van der Waals surface area contributed by atoms with Crippen molar-refractivity contribution in [2.24, 2.45) is 11.5 Å². The molecule has 0 aliphatic rings. The topological polar surface area (TPSA) is 86.2 Å². The SMILES string of the molecule is NCS(=O)CSC(N)=O. The van der Waals surface area contributed by atoms with Gasteiger partial charge in [0.2, 0.25) is 0 Å². The van der Waals surface area contributed by atoms with Gasteiger partial charge >= 0.3 is 0 Å². The fraction of sp³-hybridized carbons (Fsp3) is 0.667. The van der Waals surface area contributed by atoms with Crippen LogP contribution in [0.3, 0.4) is 0 Å². The summed E-state index contributed by atoms with van der Waals surface area (Å²) in [5.41, 5.74) is 9.74. The highest BCUT2D eigenvalue weighted by Crippen LogP contribution is 1.99. The van der Waals surface area contributed by atoms with E-state index in [4.69, 9.17) is 11.5 Å². The summed E-state index contributed by atoms with van der Waals surface area (Å²) >= 11 is 0.823. The Morgan fingerprint density at radius 3 is 2.56 bits per heavy atom. The molecule has 0 saturated heterocycles. The fourth-order valence-corrected chi connectivity index (χ4v) is 1.55. The summed E-state index contributed by atoms with van der Waals surface area (Å²) in [7, 11) is -1.11. The van der Waals surface area contributed by atoms with E-state index >= 15 is 0 Å². The molecule has 0 heterocycles. The van der Waals surface area contributed by atoms with E-state index in [-0.39, 0.29) is 11.0 Å². The Kier molecular flexibility index (Phi) is 4.74. The molecule has 4 N–H and O–H groups in total. The monoisotopic (exact) mass is 168 g/mol. The largest absolute Gasteiger partial charge is 0.360 e. The molecule has 0 aromatic heterocycles. The minimum atomic E-state index is -1.11. The summed E-state index contributed by atoms with van der Waals surface area (Å²) in [6.45, 7) is 0. The molecule has 0 rings (SSSR count). The molecule has 54 valence electrons. The van der Waals surface area contributed by atoms with Crippen LogP contribution in [0.2, 0.25) is 0 Å². The van der Waals surface area contributed by atoms with E-state index < -0.39 is 16.0 Å². The second-order valence-electron chi connectivity index (χ2n) is 1.19. The van der Waals surface area contributed by atoms with Crippen LogP contribution >= 0.6 is 11.8 Å². The smallest absolute Gasteiger partial charge is 0.277 e. The Morgan fingerprint density at radius 2 is 2.22 bits per heavy atom. The lowest BCUT2D eigenvalue weighted by molar-refractivity contribution is 0.267. The minimum Gasteiger partial charge on any atom is -0.360 e. The Morgan fingerprint density at radius 1 is 1.67 bits per heavy atom. The number of amides is 1. The first-order valence-electron chi connectivity index (χ1n) is 2.14. The van der Waals surface area contributed by atoms with Gasteiger partial charge in [0, 0.05) is 10.8 Å². The van der Waals surface area contributed by atoms with Gasteiger partial charge in [-0.25, -0.2) is 0 Å². The Hall–Kier alpha value is -0.0700. The van der Waals surface area contributed by atoms with Crippen molar-refractivity contribution in [1.29, 1.82) is 0 Å². The molecule has 0 spiro atoms. The van der Waals surface area contributed by atoms with Crippen LogP contribution in [0.25, 0.3) is 0 Å². The third kappa shape index (κ3) is 5.81. The van der Waals surface area contributed by atoms with Gasteiger partial charge in [0.25, 0.3) is 5.24 Å². The predicted molar refractivity (Wildman–Crippen MR) is 39.2 cm³/mol. The molecule has 0 fully saturated rings. The molecular weight excluding hydrogens is 160 g/mol. The highest BCUT2D eigenvalue weighted by molar-refractivity contribution is 8.20. The Balaban J connectivity index is 3.28. The maximum atomic E-state index is 10.5. The predicted octanol–water partition coefficient (Wildman–Crippen LogP) is -0.579. The Labute approximate surface area is 59.8 Å². The van der Waals surface area contributed by atoms with Crippen LogP contribution in [0.15, 0.2) is 0 Å². The number of carbonyl (C=O) groups is 1. The molecule has 1 atom stereocenters. The van der Waals surface area contributed by atoms with Crippen LogP contribution in [0.5, 0.6) is 0 Å². The number of nitrogens with two attached hydrogens (primary N) is 2. The molecule has 6 heteroatoms. The van der Waals surface area contributed by atoms with Crippen LogP contribution in [0.4, 0.5) is 4.79 Å². The maximum absolute atomic E-state index is 10.5. The summed E-state index contributed by atoms with van der Waals surface area (Å²) in [6.07, 6.45) is 0. The zero-order valence-electron chi connectivity index (χ0n) is 4.70. The van der Waals surface area contributed by atoms with Crippen molar-refractivity contribution in [1.82, 2.24) is 0 Å². The number of carbonyl (C=O) groups excluding carboxylic acids is 1. The molecule has 1 amide bonds. The van der Waals surface area contributed by atoms with Crippen LogP contribution < -0.4 is 11.5 Å². The summed E-state index contributed by atoms with van der Waals surface area (Å²) in [4.78, 5) is 10.0. The van der Waals surface area contributed by atoms with E-state index in [0.717, 1.165) is 11.8 Å². The standard InChI is InChI=1S/C3H8N2O2S2/c4-1-9(7)2-8-3(5)6/h1-2,4H2,(H2,5,6). The third-order valence-electron chi connectivity index (χ3n) is 0.519. The van der Waals surface area contributed by atoms with E-state index in [9.17, 15) is 9.00 Å². The first kappa shape index (κ1) is 8.93. The van der Waals surface area contributed by atoms with Gasteiger partial charge in [0.05, 0.1) is 11.0 Å². The van der Waals surface area contributed by atoms with Crippen LogP contribution in [0.1, 0.15) is 0 Å². The van der Waals surface area contributed by atoms with E-state index in [0.29, 0.717) is 0 Å². The number of hydrogen-bond donors (Lipinski definition) is 2. The van der Waals surface area contributed by atoms with Crippen molar-refractivity contribution in [2.75, 3.05) is 11.0 Å². The highest BCUT2D eigenvalue weighted by Gasteiger charge is 1.98. The fourth-order valence-electron chi connectivity index (χ4n) is 0.172. The summed E-state index contributed by atoms with van der Waals surface area (Å²) in [5, 5.41) is -0.317. The van der Waals surface area contributed by atoms with Gasteiger partial charge < -0.3 is 11.5 Å². The summed E-state index contributed by atoms with van der Waals surface area (Å²) in [5.74, 6) is 0.0836. The van der Waals surface area contributed by atoms with Crippen molar-refractivity contribution < 1.29 is 9.00 Å². The second kappa shape index (κ2) is 4.78. The summed E-state index contributed by atoms with van der Waals surface area (Å²) < 4.78 is 10.5. The van der Waals surface area contributed by atoms with Crippen LogP contribution in [-0.2, 0) is 10.8 Å². The molecule has 0 aliphatic heterocycles. The molecular formula is C3H8N2O2S2. The lowest BCUT2D eigenvalue weighted by atomic mass is 11.5. The zero-order chi connectivity index (χ0) is 7.28. The van der Waals surface area contributed by atoms with Gasteiger partial charge in [-0.05, 0) is 0 Å².